The van der Waals surface area contributed by atoms with Crippen LogP contribution >= 0.6 is 0 Å². The summed E-state index contributed by atoms with van der Waals surface area (Å²) in [5.74, 6) is 1.69. The van der Waals surface area contributed by atoms with Crippen LogP contribution in [0, 0.1) is 18.8 Å². The van der Waals surface area contributed by atoms with Crippen molar-refractivity contribution in [1.29, 1.82) is 0 Å². The molecular formula is C18H30N2. The maximum absolute atomic E-state index is 3.54. The van der Waals surface area contributed by atoms with Crippen LogP contribution in [0.2, 0.25) is 0 Å². The molecule has 1 aliphatic carbocycles. The molecule has 0 bridgehead atoms. The fourth-order valence-electron chi connectivity index (χ4n) is 3.76. The van der Waals surface area contributed by atoms with Gasteiger partial charge in [-0.05, 0) is 56.7 Å². The Balaban J connectivity index is 2.04. The van der Waals surface area contributed by atoms with E-state index in [0.29, 0.717) is 6.04 Å². The number of para-hydroxylation sites is 1. The predicted molar refractivity (Wildman–Crippen MR) is 88.4 cm³/mol. The van der Waals surface area contributed by atoms with Crippen LogP contribution in [0.3, 0.4) is 0 Å². The highest BCUT2D eigenvalue weighted by molar-refractivity contribution is 5.52. The van der Waals surface area contributed by atoms with E-state index in [1.807, 2.05) is 0 Å². The summed E-state index contributed by atoms with van der Waals surface area (Å²) in [5, 5.41) is 3.54. The second kappa shape index (κ2) is 7.12. The third kappa shape index (κ3) is 3.54. The zero-order valence-corrected chi connectivity index (χ0v) is 13.5. The van der Waals surface area contributed by atoms with Crippen molar-refractivity contribution in [2.24, 2.45) is 11.8 Å². The number of nitrogens with one attached hydrogen (secondary N) is 1. The van der Waals surface area contributed by atoms with Gasteiger partial charge in [-0.1, -0.05) is 31.5 Å². The van der Waals surface area contributed by atoms with E-state index >= 15 is 0 Å². The predicted octanol–water partition coefficient (Wildman–Crippen LogP) is 3.85. The Morgan fingerprint density at radius 2 is 2.00 bits per heavy atom. The molecule has 0 radical (unpaired) electrons. The molecule has 1 aromatic carbocycles. The summed E-state index contributed by atoms with van der Waals surface area (Å²) in [4.78, 5) is 2.45. The van der Waals surface area contributed by atoms with Crippen molar-refractivity contribution < 1.29 is 0 Å². The van der Waals surface area contributed by atoms with E-state index in [1.54, 1.807) is 0 Å². The summed E-state index contributed by atoms with van der Waals surface area (Å²) in [6.45, 7) is 5.70. The molecule has 1 N–H and O–H groups in total. The highest BCUT2D eigenvalue weighted by atomic mass is 15.1. The van der Waals surface area contributed by atoms with Crippen molar-refractivity contribution in [3.63, 3.8) is 0 Å². The van der Waals surface area contributed by atoms with E-state index in [2.05, 4.69) is 62.4 Å². The molecule has 0 heterocycles. The molecule has 0 aromatic heterocycles. The maximum Gasteiger partial charge on any atom is 0.0393 e. The molecule has 2 heteroatoms. The van der Waals surface area contributed by atoms with Crippen molar-refractivity contribution in [1.82, 2.24) is 5.32 Å². The molecule has 2 nitrogen and oxygen atoms in total. The van der Waals surface area contributed by atoms with Gasteiger partial charge in [-0.2, -0.15) is 0 Å². The number of aryl methyl sites for hydroxylation is 1. The van der Waals surface area contributed by atoms with Crippen LogP contribution < -0.4 is 10.2 Å². The van der Waals surface area contributed by atoms with Crippen LogP contribution in [0.1, 0.15) is 38.2 Å². The van der Waals surface area contributed by atoms with E-state index in [-0.39, 0.29) is 0 Å². The topological polar surface area (TPSA) is 15.3 Å². The second-order valence-electron chi connectivity index (χ2n) is 6.41. The fourth-order valence-corrected chi connectivity index (χ4v) is 3.76. The lowest BCUT2D eigenvalue weighted by Crippen LogP contribution is -2.44. The summed E-state index contributed by atoms with van der Waals surface area (Å²) in [7, 11) is 4.36. The van der Waals surface area contributed by atoms with E-state index in [9.17, 15) is 0 Å². The summed E-state index contributed by atoms with van der Waals surface area (Å²) >= 11 is 0. The van der Waals surface area contributed by atoms with Crippen LogP contribution in [-0.4, -0.2) is 26.7 Å². The van der Waals surface area contributed by atoms with Crippen molar-refractivity contribution in [2.75, 3.05) is 25.5 Å². The molecule has 0 spiro atoms. The fraction of sp³-hybridized carbons (Fsp3) is 0.667. The van der Waals surface area contributed by atoms with Crippen LogP contribution in [-0.2, 0) is 0 Å². The average Bonchev–Trinajstić information content (AvgIpc) is 2.47. The van der Waals surface area contributed by atoms with E-state index in [1.165, 1.54) is 36.9 Å². The lowest BCUT2D eigenvalue weighted by atomic mass is 9.76. The smallest absolute Gasteiger partial charge is 0.0393 e. The number of hydrogen-bond acceptors (Lipinski definition) is 2. The first kappa shape index (κ1) is 15.4. The molecule has 0 amide bonds. The summed E-state index contributed by atoms with van der Waals surface area (Å²) in [5.41, 5.74) is 2.75. The van der Waals surface area contributed by atoms with Gasteiger partial charge >= 0.3 is 0 Å². The molecule has 0 saturated heterocycles. The molecule has 112 valence electrons. The Hall–Kier alpha value is -1.02. The number of rotatable bonds is 5. The summed E-state index contributed by atoms with van der Waals surface area (Å²) in [6, 6.07) is 9.39. The molecule has 2 rings (SSSR count). The van der Waals surface area contributed by atoms with Crippen LogP contribution in [0.5, 0.6) is 0 Å². The Bertz CT molecular complexity index is 416. The molecule has 3 atom stereocenters. The molecular weight excluding hydrogens is 244 g/mol. The number of benzene rings is 1. The molecule has 3 unspecified atom stereocenters. The minimum Gasteiger partial charge on any atom is -0.374 e. The Kier molecular flexibility index (Phi) is 5.47. The number of anilines is 1. The quantitative estimate of drug-likeness (QED) is 0.877. The molecule has 1 aromatic rings. The molecule has 1 saturated carbocycles. The summed E-state index contributed by atoms with van der Waals surface area (Å²) in [6.07, 6.45) is 5.44. The third-order valence-electron chi connectivity index (χ3n) is 5.07. The Labute approximate surface area is 124 Å². The second-order valence-corrected chi connectivity index (χ2v) is 6.41. The van der Waals surface area contributed by atoms with E-state index < -0.39 is 0 Å². The van der Waals surface area contributed by atoms with Gasteiger partial charge < -0.3 is 10.2 Å². The van der Waals surface area contributed by atoms with Crippen LogP contribution in [0.4, 0.5) is 5.69 Å². The maximum atomic E-state index is 3.54. The minimum absolute atomic E-state index is 0.685. The lowest BCUT2D eigenvalue weighted by molar-refractivity contribution is 0.210. The van der Waals surface area contributed by atoms with Gasteiger partial charge in [0, 0.05) is 25.3 Å². The van der Waals surface area contributed by atoms with Crippen LogP contribution in [0.15, 0.2) is 24.3 Å². The van der Waals surface area contributed by atoms with E-state index in [0.717, 1.165) is 18.4 Å². The number of hydrogen-bond donors (Lipinski definition) is 1. The first-order valence-corrected chi connectivity index (χ1v) is 8.09. The first-order valence-electron chi connectivity index (χ1n) is 8.09. The highest BCUT2D eigenvalue weighted by Crippen LogP contribution is 2.32. The number of nitrogens with zero attached hydrogens (tertiary/aromatic N) is 1. The van der Waals surface area contributed by atoms with Gasteiger partial charge in [0.05, 0.1) is 0 Å². The van der Waals surface area contributed by atoms with Crippen LogP contribution in [0.25, 0.3) is 0 Å². The third-order valence-corrected chi connectivity index (χ3v) is 5.07. The standard InChI is InChI=1S/C18H30N2/c1-5-15-10-11-17(19-3)16(12-15)13-20(4)18-9-7-6-8-14(18)2/h6-9,15-17,19H,5,10-13H2,1-4H3. The van der Waals surface area contributed by atoms with Gasteiger partial charge in [0.15, 0.2) is 0 Å². The zero-order chi connectivity index (χ0) is 14.5. The molecule has 0 aliphatic heterocycles. The van der Waals surface area contributed by atoms with Crippen molar-refractivity contribution in [3.05, 3.63) is 29.8 Å². The minimum atomic E-state index is 0.685. The van der Waals surface area contributed by atoms with Crippen molar-refractivity contribution >= 4 is 5.69 Å². The van der Waals surface area contributed by atoms with Gasteiger partial charge in [0.1, 0.15) is 0 Å². The lowest BCUT2D eigenvalue weighted by Gasteiger charge is -2.38. The molecule has 1 fully saturated rings. The summed E-state index contributed by atoms with van der Waals surface area (Å²) < 4.78 is 0. The molecule has 20 heavy (non-hydrogen) atoms. The van der Waals surface area contributed by atoms with Crippen molar-refractivity contribution in [2.45, 2.75) is 45.6 Å². The van der Waals surface area contributed by atoms with Gasteiger partial charge in [0.2, 0.25) is 0 Å². The largest absolute Gasteiger partial charge is 0.374 e. The first-order chi connectivity index (χ1) is 9.65. The average molecular weight is 274 g/mol. The SMILES string of the molecule is CCC1CCC(NC)C(CN(C)c2ccccc2C)C1. The highest BCUT2D eigenvalue weighted by Gasteiger charge is 2.29. The molecule has 1 aliphatic rings. The monoisotopic (exact) mass is 274 g/mol. The Morgan fingerprint density at radius 3 is 2.65 bits per heavy atom. The normalized spacial score (nSPS) is 26.5. The Morgan fingerprint density at radius 1 is 1.25 bits per heavy atom. The zero-order valence-electron chi connectivity index (χ0n) is 13.5. The van der Waals surface area contributed by atoms with Crippen molar-refractivity contribution in [3.8, 4) is 0 Å². The van der Waals surface area contributed by atoms with Gasteiger partial charge in [-0.15, -0.1) is 0 Å². The van der Waals surface area contributed by atoms with E-state index in [4.69, 9.17) is 0 Å². The van der Waals surface area contributed by atoms with Gasteiger partial charge in [-0.3, -0.25) is 0 Å². The van der Waals surface area contributed by atoms with Gasteiger partial charge in [0.25, 0.3) is 0 Å². The van der Waals surface area contributed by atoms with Gasteiger partial charge in [-0.25, -0.2) is 0 Å².